The number of nitrogens with one attached hydrogen (secondary N) is 2. The minimum absolute atomic E-state index is 0.178. The number of anilines is 1. The summed E-state index contributed by atoms with van der Waals surface area (Å²) in [4.78, 5) is 41.7. The molecule has 4 amide bonds. The number of halogens is 3. The van der Waals surface area contributed by atoms with Crippen LogP contribution >= 0.6 is 23.2 Å². The second kappa shape index (κ2) is 10.6. The van der Waals surface area contributed by atoms with Crippen molar-refractivity contribution in [1.82, 2.24) is 15.1 Å². The number of amides is 4. The van der Waals surface area contributed by atoms with Crippen molar-refractivity contribution in [2.24, 2.45) is 5.73 Å². The van der Waals surface area contributed by atoms with Crippen LogP contribution in [0.5, 0.6) is 0 Å². The Morgan fingerprint density at radius 1 is 1.03 bits per heavy atom. The Bertz CT molecular complexity index is 1010. The third-order valence-corrected chi connectivity index (χ3v) is 5.59. The molecule has 2 aromatic rings. The zero-order valence-electron chi connectivity index (χ0n) is 17.0. The fraction of sp³-hybridized carbons (Fsp3) is 0.286. The summed E-state index contributed by atoms with van der Waals surface area (Å²) in [5, 5.41) is 5.76. The van der Waals surface area contributed by atoms with E-state index in [0.717, 1.165) is 0 Å². The zero-order valence-corrected chi connectivity index (χ0v) is 18.5. The Morgan fingerprint density at radius 2 is 1.72 bits per heavy atom. The summed E-state index contributed by atoms with van der Waals surface area (Å²) in [7, 11) is 0. The largest absolute Gasteiger partial charge is 0.351 e. The van der Waals surface area contributed by atoms with Crippen LogP contribution in [0.4, 0.5) is 14.9 Å². The van der Waals surface area contributed by atoms with Crippen molar-refractivity contribution in [3.63, 3.8) is 0 Å². The van der Waals surface area contributed by atoms with Gasteiger partial charge in [0, 0.05) is 37.4 Å². The maximum absolute atomic E-state index is 13.2. The van der Waals surface area contributed by atoms with Gasteiger partial charge in [0.2, 0.25) is 0 Å². The Morgan fingerprint density at radius 3 is 2.38 bits per heavy atom. The number of benzene rings is 2. The molecule has 2 aromatic carbocycles. The molecule has 170 valence electrons. The summed E-state index contributed by atoms with van der Waals surface area (Å²) < 4.78 is 13.2. The number of urea groups is 1. The van der Waals surface area contributed by atoms with Crippen molar-refractivity contribution in [2.75, 3.05) is 31.5 Å². The predicted octanol–water partition coefficient (Wildman–Crippen LogP) is 2.91. The first-order valence-corrected chi connectivity index (χ1v) is 10.6. The van der Waals surface area contributed by atoms with Crippen LogP contribution in [0, 0.1) is 5.82 Å². The average Bonchev–Trinajstić information content (AvgIpc) is 2.79. The lowest BCUT2D eigenvalue weighted by Crippen LogP contribution is -2.64. The second-order valence-electron chi connectivity index (χ2n) is 7.06. The SMILES string of the molecule is NCCNC(=O)C1N(C(=O)Nc2ccc(F)cc2)CCCN1C(=O)c1ccc(Cl)c(Cl)c1. The molecule has 11 heteroatoms. The van der Waals surface area contributed by atoms with Gasteiger partial charge >= 0.3 is 6.03 Å². The van der Waals surface area contributed by atoms with E-state index in [9.17, 15) is 18.8 Å². The molecular weight excluding hydrogens is 460 g/mol. The van der Waals surface area contributed by atoms with Gasteiger partial charge in [0.1, 0.15) is 5.82 Å². The van der Waals surface area contributed by atoms with Crippen molar-refractivity contribution >= 4 is 46.7 Å². The van der Waals surface area contributed by atoms with Gasteiger partial charge in [0.25, 0.3) is 11.8 Å². The van der Waals surface area contributed by atoms with Crippen LogP contribution in [0.1, 0.15) is 16.8 Å². The van der Waals surface area contributed by atoms with Gasteiger partial charge in [-0.05, 0) is 48.9 Å². The second-order valence-corrected chi connectivity index (χ2v) is 7.88. The standard InChI is InChI=1S/C21H22Cl2FN5O3/c22-16-7-2-13(12-17(16)23)20(31)28-10-1-11-29(19(28)18(30)26-9-8-25)21(32)27-15-5-3-14(24)4-6-15/h2-7,12,19H,1,8-11,25H2,(H,26,30)(H,27,32). The quantitative estimate of drug-likeness (QED) is 0.609. The van der Waals surface area contributed by atoms with E-state index < -0.39 is 29.8 Å². The predicted molar refractivity (Wildman–Crippen MR) is 120 cm³/mol. The third kappa shape index (κ3) is 5.48. The highest BCUT2D eigenvalue weighted by Crippen LogP contribution is 2.25. The summed E-state index contributed by atoms with van der Waals surface area (Å²) in [6, 6.07) is 9.02. The van der Waals surface area contributed by atoms with Crippen molar-refractivity contribution in [3.05, 3.63) is 63.9 Å². The van der Waals surface area contributed by atoms with E-state index in [1.807, 2.05) is 0 Å². The van der Waals surface area contributed by atoms with Crippen LogP contribution in [0.25, 0.3) is 0 Å². The molecule has 0 aromatic heterocycles. The van der Waals surface area contributed by atoms with Crippen LogP contribution in [-0.2, 0) is 4.79 Å². The summed E-state index contributed by atoms with van der Waals surface area (Å²) in [5.74, 6) is -1.47. The summed E-state index contributed by atoms with van der Waals surface area (Å²) in [6.45, 7) is 0.859. The monoisotopic (exact) mass is 481 g/mol. The maximum Gasteiger partial charge on any atom is 0.323 e. The van der Waals surface area contributed by atoms with Crippen molar-refractivity contribution in [2.45, 2.75) is 12.6 Å². The van der Waals surface area contributed by atoms with Gasteiger partial charge in [0.05, 0.1) is 10.0 Å². The first kappa shape index (κ1) is 23.8. The first-order chi connectivity index (χ1) is 15.3. The van der Waals surface area contributed by atoms with Crippen LogP contribution in [0.3, 0.4) is 0 Å². The van der Waals surface area contributed by atoms with Gasteiger partial charge in [-0.2, -0.15) is 0 Å². The first-order valence-electron chi connectivity index (χ1n) is 9.89. The van der Waals surface area contributed by atoms with Crippen molar-refractivity contribution in [3.8, 4) is 0 Å². The number of hydrogen-bond acceptors (Lipinski definition) is 4. The molecule has 0 saturated carbocycles. The molecule has 0 aliphatic carbocycles. The molecule has 1 fully saturated rings. The lowest BCUT2D eigenvalue weighted by Gasteiger charge is -2.42. The molecular formula is C21H22Cl2FN5O3. The van der Waals surface area contributed by atoms with E-state index >= 15 is 0 Å². The molecule has 1 atom stereocenters. The highest BCUT2D eigenvalue weighted by molar-refractivity contribution is 6.42. The Balaban J connectivity index is 1.88. The Labute approximate surface area is 194 Å². The van der Waals surface area contributed by atoms with E-state index in [1.54, 1.807) is 0 Å². The smallest absolute Gasteiger partial charge is 0.323 e. The summed E-state index contributed by atoms with van der Waals surface area (Å²) in [6.07, 6.45) is -0.761. The fourth-order valence-electron chi connectivity index (χ4n) is 3.34. The topological polar surface area (TPSA) is 108 Å². The van der Waals surface area contributed by atoms with Crippen LogP contribution in [0.2, 0.25) is 10.0 Å². The van der Waals surface area contributed by atoms with E-state index in [1.165, 1.54) is 52.3 Å². The molecule has 1 aliphatic rings. The fourth-order valence-corrected chi connectivity index (χ4v) is 3.64. The highest BCUT2D eigenvalue weighted by Gasteiger charge is 2.40. The number of hydrogen-bond donors (Lipinski definition) is 3. The maximum atomic E-state index is 13.2. The lowest BCUT2D eigenvalue weighted by molar-refractivity contribution is -0.132. The van der Waals surface area contributed by atoms with Crippen molar-refractivity contribution < 1.29 is 18.8 Å². The van der Waals surface area contributed by atoms with Gasteiger partial charge in [-0.1, -0.05) is 23.2 Å². The van der Waals surface area contributed by atoms with E-state index in [0.29, 0.717) is 17.1 Å². The molecule has 0 radical (unpaired) electrons. The molecule has 4 N–H and O–H groups in total. The average molecular weight is 482 g/mol. The molecule has 8 nitrogen and oxygen atoms in total. The van der Waals surface area contributed by atoms with E-state index in [-0.39, 0.29) is 36.8 Å². The summed E-state index contributed by atoms with van der Waals surface area (Å²) >= 11 is 12.0. The molecule has 1 saturated heterocycles. The van der Waals surface area contributed by atoms with E-state index in [2.05, 4.69) is 10.6 Å². The van der Waals surface area contributed by atoms with E-state index in [4.69, 9.17) is 28.9 Å². The number of nitrogens with zero attached hydrogens (tertiary/aromatic N) is 2. The van der Waals surface area contributed by atoms with Gasteiger partial charge in [-0.25, -0.2) is 9.18 Å². The van der Waals surface area contributed by atoms with Crippen molar-refractivity contribution in [1.29, 1.82) is 0 Å². The molecule has 0 spiro atoms. The van der Waals surface area contributed by atoms with Gasteiger partial charge in [-0.3, -0.25) is 14.5 Å². The minimum Gasteiger partial charge on any atom is -0.351 e. The Kier molecular flexibility index (Phi) is 7.89. The molecule has 1 aliphatic heterocycles. The normalized spacial score (nSPS) is 15.9. The number of nitrogens with two attached hydrogens (primary N) is 1. The number of carbonyl (C=O) groups excluding carboxylic acids is 3. The van der Waals surface area contributed by atoms with Gasteiger partial charge in [0.15, 0.2) is 6.17 Å². The number of carbonyl (C=O) groups is 3. The molecule has 1 unspecified atom stereocenters. The molecule has 0 bridgehead atoms. The number of rotatable bonds is 5. The zero-order chi connectivity index (χ0) is 23.3. The summed E-state index contributed by atoms with van der Waals surface area (Å²) in [5.41, 5.74) is 6.07. The van der Waals surface area contributed by atoms with Crippen LogP contribution in [-0.4, -0.2) is 60.0 Å². The Hall–Kier alpha value is -2.88. The molecule has 3 rings (SSSR count). The van der Waals surface area contributed by atoms with Crippen LogP contribution < -0.4 is 16.4 Å². The van der Waals surface area contributed by atoms with Gasteiger partial charge in [-0.15, -0.1) is 0 Å². The molecule has 32 heavy (non-hydrogen) atoms. The molecule has 1 heterocycles. The lowest BCUT2D eigenvalue weighted by atomic mass is 10.1. The third-order valence-electron chi connectivity index (χ3n) is 4.85. The highest BCUT2D eigenvalue weighted by atomic mass is 35.5. The minimum atomic E-state index is -1.21. The van der Waals surface area contributed by atoms with Crippen LogP contribution in [0.15, 0.2) is 42.5 Å². The van der Waals surface area contributed by atoms with Gasteiger partial charge < -0.3 is 21.3 Å².